The SMILES string of the molecule is O=C(O)[C@@H]1CN(C(=O)NC2CCSc3c(F)cccc32)C[C@H]1C(F)(F)F. The lowest BCUT2D eigenvalue weighted by molar-refractivity contribution is -0.187. The molecule has 5 nitrogen and oxygen atoms in total. The van der Waals surface area contributed by atoms with Crippen LogP contribution in [0.1, 0.15) is 18.0 Å². The minimum atomic E-state index is -4.70. The number of aliphatic carboxylic acids is 1. The van der Waals surface area contributed by atoms with Gasteiger partial charge in [0.25, 0.3) is 0 Å². The Morgan fingerprint density at radius 1 is 1.27 bits per heavy atom. The van der Waals surface area contributed by atoms with E-state index in [9.17, 15) is 27.2 Å². The molecule has 0 aromatic heterocycles. The van der Waals surface area contributed by atoms with Gasteiger partial charge in [-0.1, -0.05) is 12.1 Å². The molecule has 3 atom stereocenters. The maximum atomic E-state index is 13.9. The van der Waals surface area contributed by atoms with E-state index in [0.717, 1.165) is 4.90 Å². The summed E-state index contributed by atoms with van der Waals surface area (Å²) in [6.45, 7) is -1.22. The summed E-state index contributed by atoms with van der Waals surface area (Å²) in [4.78, 5) is 24.8. The van der Waals surface area contributed by atoms with Gasteiger partial charge in [0, 0.05) is 23.7 Å². The van der Waals surface area contributed by atoms with E-state index in [4.69, 9.17) is 5.11 Å². The largest absolute Gasteiger partial charge is 0.481 e. The number of nitrogens with one attached hydrogen (secondary N) is 1. The van der Waals surface area contributed by atoms with Crippen LogP contribution in [0.2, 0.25) is 0 Å². The van der Waals surface area contributed by atoms with Crippen LogP contribution in [0.5, 0.6) is 0 Å². The fraction of sp³-hybridized carbons (Fsp3) is 0.500. The lowest BCUT2D eigenvalue weighted by Crippen LogP contribution is -2.42. The van der Waals surface area contributed by atoms with E-state index in [-0.39, 0.29) is 0 Å². The molecule has 1 aromatic rings. The number of likely N-dealkylation sites (tertiary alicyclic amines) is 1. The normalized spacial score (nSPS) is 25.7. The van der Waals surface area contributed by atoms with E-state index >= 15 is 0 Å². The molecule has 2 N–H and O–H groups in total. The van der Waals surface area contributed by atoms with Crippen molar-refractivity contribution in [2.45, 2.75) is 23.5 Å². The lowest BCUT2D eigenvalue weighted by atomic mass is 9.96. The average molecular weight is 392 g/mol. The first-order chi connectivity index (χ1) is 12.2. The number of thioether (sulfide) groups is 1. The van der Waals surface area contributed by atoms with E-state index in [2.05, 4.69) is 5.32 Å². The van der Waals surface area contributed by atoms with Crippen molar-refractivity contribution in [2.24, 2.45) is 11.8 Å². The van der Waals surface area contributed by atoms with Crippen LogP contribution in [0.3, 0.4) is 0 Å². The molecule has 1 unspecified atom stereocenters. The van der Waals surface area contributed by atoms with Crippen LogP contribution in [0.25, 0.3) is 0 Å². The lowest BCUT2D eigenvalue weighted by Gasteiger charge is -2.28. The van der Waals surface area contributed by atoms with Crippen LogP contribution in [-0.2, 0) is 4.79 Å². The van der Waals surface area contributed by atoms with Crippen LogP contribution < -0.4 is 5.32 Å². The van der Waals surface area contributed by atoms with Gasteiger partial charge in [0.05, 0.1) is 17.9 Å². The molecular weight excluding hydrogens is 376 g/mol. The second kappa shape index (κ2) is 6.98. The van der Waals surface area contributed by atoms with Crippen molar-refractivity contribution in [3.8, 4) is 0 Å². The topological polar surface area (TPSA) is 69.6 Å². The van der Waals surface area contributed by atoms with Gasteiger partial charge >= 0.3 is 18.2 Å². The third-order valence-electron chi connectivity index (χ3n) is 4.67. The van der Waals surface area contributed by atoms with Gasteiger partial charge in [-0.05, 0) is 18.1 Å². The van der Waals surface area contributed by atoms with E-state index in [0.29, 0.717) is 22.6 Å². The zero-order valence-electron chi connectivity index (χ0n) is 13.4. The Morgan fingerprint density at radius 2 is 2.00 bits per heavy atom. The molecule has 2 aliphatic heterocycles. The molecule has 0 aliphatic carbocycles. The van der Waals surface area contributed by atoms with Crippen LogP contribution >= 0.6 is 11.8 Å². The van der Waals surface area contributed by atoms with Crippen LogP contribution in [0.4, 0.5) is 22.4 Å². The molecule has 10 heteroatoms. The summed E-state index contributed by atoms with van der Waals surface area (Å²) in [6, 6.07) is 3.19. The zero-order valence-corrected chi connectivity index (χ0v) is 14.2. The summed E-state index contributed by atoms with van der Waals surface area (Å²) < 4.78 is 53.0. The molecule has 2 aliphatic rings. The number of amides is 2. The Morgan fingerprint density at radius 3 is 2.62 bits per heavy atom. The first-order valence-corrected chi connectivity index (χ1v) is 8.93. The minimum Gasteiger partial charge on any atom is -0.481 e. The maximum absolute atomic E-state index is 13.9. The summed E-state index contributed by atoms with van der Waals surface area (Å²) in [5.74, 6) is -5.22. The Balaban J connectivity index is 1.74. The molecule has 26 heavy (non-hydrogen) atoms. The van der Waals surface area contributed by atoms with E-state index < -0.39 is 55.0 Å². The van der Waals surface area contributed by atoms with Gasteiger partial charge in [0.15, 0.2) is 0 Å². The van der Waals surface area contributed by atoms with Crippen molar-refractivity contribution in [3.63, 3.8) is 0 Å². The Kier molecular flexibility index (Phi) is 5.05. The number of carboxylic acid groups (broad SMARTS) is 1. The van der Waals surface area contributed by atoms with Crippen molar-refractivity contribution >= 4 is 23.8 Å². The van der Waals surface area contributed by atoms with Gasteiger partial charge in [0.2, 0.25) is 0 Å². The summed E-state index contributed by atoms with van der Waals surface area (Å²) >= 11 is 1.32. The van der Waals surface area contributed by atoms with Gasteiger partial charge in [-0.2, -0.15) is 13.2 Å². The number of carbonyl (C=O) groups is 2. The zero-order chi connectivity index (χ0) is 19.1. The molecule has 142 valence electrons. The van der Waals surface area contributed by atoms with Crippen LogP contribution in [0.15, 0.2) is 23.1 Å². The van der Waals surface area contributed by atoms with Crippen molar-refractivity contribution in [3.05, 3.63) is 29.6 Å². The average Bonchev–Trinajstić information content (AvgIpc) is 3.02. The number of rotatable bonds is 2. The van der Waals surface area contributed by atoms with Crippen LogP contribution in [0, 0.1) is 17.7 Å². The number of urea groups is 1. The highest BCUT2D eigenvalue weighted by Crippen LogP contribution is 2.39. The predicted octanol–water partition coefficient (Wildman–Crippen LogP) is 3.27. The Bertz CT molecular complexity index is 728. The highest BCUT2D eigenvalue weighted by atomic mass is 32.2. The second-order valence-electron chi connectivity index (χ2n) is 6.30. The van der Waals surface area contributed by atoms with Crippen molar-refractivity contribution in [2.75, 3.05) is 18.8 Å². The molecule has 0 radical (unpaired) electrons. The third kappa shape index (κ3) is 3.60. The highest BCUT2D eigenvalue weighted by molar-refractivity contribution is 7.99. The van der Waals surface area contributed by atoms with Gasteiger partial charge < -0.3 is 15.3 Å². The fourth-order valence-corrected chi connectivity index (χ4v) is 4.47. The van der Waals surface area contributed by atoms with Crippen LogP contribution in [-0.4, -0.2) is 47.0 Å². The predicted molar refractivity (Wildman–Crippen MR) is 85.3 cm³/mol. The molecule has 0 saturated carbocycles. The van der Waals surface area contributed by atoms with Crippen molar-refractivity contribution in [1.82, 2.24) is 10.2 Å². The summed E-state index contributed by atoms with van der Waals surface area (Å²) in [7, 11) is 0. The number of halogens is 4. The third-order valence-corrected chi connectivity index (χ3v) is 5.83. The summed E-state index contributed by atoms with van der Waals surface area (Å²) in [6.07, 6.45) is -4.19. The van der Waals surface area contributed by atoms with E-state index in [1.807, 2.05) is 0 Å². The molecule has 1 saturated heterocycles. The fourth-order valence-electron chi connectivity index (χ4n) is 3.33. The first-order valence-electron chi connectivity index (χ1n) is 7.94. The standard InChI is InChI=1S/C16H16F4N2O3S/c17-11-3-1-2-8-12(4-5-26-13(8)11)21-15(25)22-6-9(14(23)24)10(7-22)16(18,19)20/h1-3,9-10,12H,4-7H2,(H,21,25)(H,23,24)/t9-,10-,12?/m1/s1. The van der Waals surface area contributed by atoms with Gasteiger partial charge in [-0.3, -0.25) is 4.79 Å². The number of carboxylic acids is 1. The number of hydrogen-bond acceptors (Lipinski definition) is 3. The quantitative estimate of drug-likeness (QED) is 0.758. The van der Waals surface area contributed by atoms with E-state index in [1.165, 1.54) is 23.9 Å². The monoisotopic (exact) mass is 392 g/mol. The smallest absolute Gasteiger partial charge is 0.394 e. The molecule has 1 fully saturated rings. The number of hydrogen-bond donors (Lipinski definition) is 2. The van der Waals surface area contributed by atoms with Gasteiger partial charge in [-0.25, -0.2) is 9.18 Å². The minimum absolute atomic E-state index is 0.407. The Hall–Kier alpha value is -1.97. The van der Waals surface area contributed by atoms with Gasteiger partial charge in [0.1, 0.15) is 5.82 Å². The molecule has 0 bridgehead atoms. The summed E-state index contributed by atoms with van der Waals surface area (Å²) in [5.41, 5.74) is 0.580. The first kappa shape index (κ1) is 18.8. The number of benzene rings is 1. The molecule has 2 heterocycles. The second-order valence-corrected chi connectivity index (χ2v) is 7.40. The number of carbonyl (C=O) groups excluding carboxylic acids is 1. The highest BCUT2D eigenvalue weighted by Gasteiger charge is 2.53. The molecule has 3 rings (SSSR count). The molecule has 1 aromatic carbocycles. The van der Waals surface area contributed by atoms with Crippen molar-refractivity contribution < 1.29 is 32.3 Å². The van der Waals surface area contributed by atoms with Gasteiger partial charge in [-0.15, -0.1) is 11.8 Å². The number of alkyl halides is 3. The Labute approximate surface area is 150 Å². The molecule has 2 amide bonds. The number of fused-ring (bicyclic) bond motifs is 1. The maximum Gasteiger partial charge on any atom is 0.394 e. The van der Waals surface area contributed by atoms with Crippen molar-refractivity contribution in [1.29, 1.82) is 0 Å². The molecule has 0 spiro atoms. The summed E-state index contributed by atoms with van der Waals surface area (Å²) in [5, 5.41) is 11.6. The number of nitrogens with zero attached hydrogens (tertiary/aromatic N) is 1. The molecular formula is C16H16F4N2O3S. The van der Waals surface area contributed by atoms with E-state index in [1.54, 1.807) is 6.07 Å².